The van der Waals surface area contributed by atoms with Crippen LogP contribution in [0.1, 0.15) is 16.2 Å². The van der Waals surface area contributed by atoms with Crippen LogP contribution in [0.3, 0.4) is 0 Å². The lowest BCUT2D eigenvalue weighted by atomic mass is 10.2. The lowest BCUT2D eigenvalue weighted by Gasteiger charge is -2.05. The highest BCUT2D eigenvalue weighted by atomic mass is 35.5. The van der Waals surface area contributed by atoms with Crippen molar-refractivity contribution in [2.24, 2.45) is 0 Å². The molecule has 1 amide bonds. The standard InChI is InChI=1S/C9H10ClN7O/c1-11-7-3-5(2-6(10)13-7)9(18)12-4-8-14-16-17-15-8/h2-3H,4H2,1H3,(H,11,13)(H,12,18)(H,14,15,16,17). The summed E-state index contributed by atoms with van der Waals surface area (Å²) in [6, 6.07) is 3.07. The molecule has 0 unspecified atom stereocenters. The molecule has 0 aliphatic carbocycles. The van der Waals surface area contributed by atoms with Gasteiger partial charge in [0.15, 0.2) is 5.82 Å². The number of nitrogens with one attached hydrogen (secondary N) is 3. The summed E-state index contributed by atoms with van der Waals surface area (Å²) in [4.78, 5) is 15.8. The number of carbonyl (C=O) groups excluding carboxylic acids is 1. The van der Waals surface area contributed by atoms with E-state index in [1.165, 1.54) is 6.07 Å². The fourth-order valence-electron chi connectivity index (χ4n) is 1.27. The molecule has 0 aliphatic heterocycles. The maximum atomic E-state index is 11.8. The number of hydrogen-bond acceptors (Lipinski definition) is 6. The molecular formula is C9H10ClN7O. The van der Waals surface area contributed by atoms with Gasteiger partial charge in [0.1, 0.15) is 11.0 Å². The Morgan fingerprint density at radius 1 is 1.50 bits per heavy atom. The van der Waals surface area contributed by atoms with Gasteiger partial charge in [-0.15, -0.1) is 10.2 Å². The highest BCUT2D eigenvalue weighted by Crippen LogP contribution is 2.14. The molecule has 18 heavy (non-hydrogen) atoms. The molecule has 2 heterocycles. The number of anilines is 1. The number of rotatable bonds is 4. The highest BCUT2D eigenvalue weighted by Gasteiger charge is 2.09. The van der Waals surface area contributed by atoms with E-state index >= 15 is 0 Å². The minimum atomic E-state index is -0.291. The number of aromatic amines is 1. The van der Waals surface area contributed by atoms with E-state index in [0.29, 0.717) is 17.2 Å². The predicted molar refractivity (Wildman–Crippen MR) is 64.1 cm³/mol. The number of halogens is 1. The second-order valence-electron chi connectivity index (χ2n) is 3.32. The van der Waals surface area contributed by atoms with E-state index in [0.717, 1.165) is 0 Å². The molecule has 2 rings (SSSR count). The van der Waals surface area contributed by atoms with Crippen LogP contribution in [0.5, 0.6) is 0 Å². The van der Waals surface area contributed by atoms with Crippen molar-refractivity contribution in [3.8, 4) is 0 Å². The third-order valence-corrected chi connectivity index (χ3v) is 2.30. The molecule has 0 fully saturated rings. The second-order valence-corrected chi connectivity index (χ2v) is 3.71. The SMILES string of the molecule is CNc1cc(C(=O)NCc2nn[nH]n2)cc(Cl)n1. The van der Waals surface area contributed by atoms with Crippen molar-refractivity contribution >= 4 is 23.3 Å². The fourth-order valence-corrected chi connectivity index (χ4v) is 1.48. The van der Waals surface area contributed by atoms with Crippen LogP contribution in [0.4, 0.5) is 5.82 Å². The van der Waals surface area contributed by atoms with E-state index in [4.69, 9.17) is 11.6 Å². The van der Waals surface area contributed by atoms with Crippen molar-refractivity contribution in [3.05, 3.63) is 28.7 Å². The van der Waals surface area contributed by atoms with E-state index in [1.807, 2.05) is 0 Å². The van der Waals surface area contributed by atoms with Gasteiger partial charge in [0, 0.05) is 12.6 Å². The van der Waals surface area contributed by atoms with Crippen LogP contribution in [0.25, 0.3) is 0 Å². The largest absolute Gasteiger partial charge is 0.373 e. The summed E-state index contributed by atoms with van der Waals surface area (Å²) in [5.41, 5.74) is 0.405. The lowest BCUT2D eigenvalue weighted by Crippen LogP contribution is -2.23. The van der Waals surface area contributed by atoms with Crippen LogP contribution >= 0.6 is 11.6 Å². The third kappa shape index (κ3) is 2.92. The van der Waals surface area contributed by atoms with E-state index in [9.17, 15) is 4.79 Å². The highest BCUT2D eigenvalue weighted by molar-refractivity contribution is 6.29. The first-order valence-electron chi connectivity index (χ1n) is 5.05. The molecule has 0 radical (unpaired) electrons. The summed E-state index contributed by atoms with van der Waals surface area (Å²) in [6.07, 6.45) is 0. The maximum Gasteiger partial charge on any atom is 0.251 e. The molecule has 0 spiro atoms. The molecule has 94 valence electrons. The van der Waals surface area contributed by atoms with Gasteiger partial charge in [-0.2, -0.15) is 5.21 Å². The van der Waals surface area contributed by atoms with Crippen LogP contribution in [0.2, 0.25) is 5.15 Å². The molecule has 0 bridgehead atoms. The number of carbonyl (C=O) groups is 1. The summed E-state index contributed by atoms with van der Waals surface area (Å²) >= 11 is 5.80. The van der Waals surface area contributed by atoms with Gasteiger partial charge in [-0.3, -0.25) is 4.79 Å². The Hall–Kier alpha value is -2.22. The van der Waals surface area contributed by atoms with Gasteiger partial charge in [-0.05, 0) is 12.1 Å². The molecule has 3 N–H and O–H groups in total. The Kier molecular flexibility index (Phi) is 3.68. The lowest BCUT2D eigenvalue weighted by molar-refractivity contribution is 0.0950. The summed E-state index contributed by atoms with van der Waals surface area (Å²) in [7, 11) is 1.69. The average Bonchev–Trinajstić information content (AvgIpc) is 2.88. The van der Waals surface area contributed by atoms with Crippen molar-refractivity contribution < 1.29 is 4.79 Å². The Bertz CT molecular complexity index is 542. The average molecular weight is 268 g/mol. The molecule has 0 aromatic carbocycles. The topological polar surface area (TPSA) is 108 Å². The number of H-pyrrole nitrogens is 1. The second kappa shape index (κ2) is 5.41. The number of amides is 1. The van der Waals surface area contributed by atoms with Crippen LogP contribution in [-0.4, -0.2) is 38.6 Å². The summed E-state index contributed by atoms with van der Waals surface area (Å²) < 4.78 is 0. The van der Waals surface area contributed by atoms with E-state index in [1.54, 1.807) is 13.1 Å². The first-order chi connectivity index (χ1) is 8.69. The smallest absolute Gasteiger partial charge is 0.251 e. The van der Waals surface area contributed by atoms with Crippen LogP contribution in [0.15, 0.2) is 12.1 Å². The van der Waals surface area contributed by atoms with Gasteiger partial charge in [0.05, 0.1) is 6.54 Å². The Labute approximate surface area is 107 Å². The molecule has 2 aromatic rings. The first-order valence-corrected chi connectivity index (χ1v) is 5.42. The van der Waals surface area contributed by atoms with Gasteiger partial charge in [0.2, 0.25) is 0 Å². The molecular weight excluding hydrogens is 258 g/mol. The van der Waals surface area contributed by atoms with Gasteiger partial charge >= 0.3 is 0 Å². The fraction of sp³-hybridized carbons (Fsp3) is 0.222. The number of aromatic nitrogens is 5. The molecule has 0 saturated carbocycles. The molecule has 0 saturated heterocycles. The van der Waals surface area contributed by atoms with Gasteiger partial charge < -0.3 is 10.6 Å². The molecule has 8 nitrogen and oxygen atoms in total. The van der Waals surface area contributed by atoms with E-state index in [-0.39, 0.29) is 17.6 Å². The predicted octanol–water partition coefficient (Wildman–Crippen LogP) is 0.220. The van der Waals surface area contributed by atoms with Gasteiger partial charge in [-0.1, -0.05) is 16.8 Å². The minimum Gasteiger partial charge on any atom is -0.373 e. The zero-order chi connectivity index (χ0) is 13.0. The zero-order valence-corrected chi connectivity index (χ0v) is 10.2. The number of nitrogens with zero attached hydrogens (tertiary/aromatic N) is 4. The minimum absolute atomic E-state index is 0.185. The summed E-state index contributed by atoms with van der Waals surface area (Å²) in [6.45, 7) is 0.185. The van der Waals surface area contributed by atoms with Crippen molar-refractivity contribution in [1.82, 2.24) is 30.9 Å². The first kappa shape index (κ1) is 12.2. The number of tetrazole rings is 1. The Morgan fingerprint density at radius 2 is 2.33 bits per heavy atom. The Morgan fingerprint density at radius 3 is 3.00 bits per heavy atom. The van der Waals surface area contributed by atoms with Gasteiger partial charge in [-0.25, -0.2) is 4.98 Å². The van der Waals surface area contributed by atoms with Crippen molar-refractivity contribution in [2.45, 2.75) is 6.54 Å². The number of pyridine rings is 1. The summed E-state index contributed by atoms with van der Waals surface area (Å²) in [5.74, 6) is 0.630. The van der Waals surface area contributed by atoms with E-state index < -0.39 is 0 Å². The molecule has 9 heteroatoms. The van der Waals surface area contributed by atoms with Crippen LogP contribution in [0, 0.1) is 0 Å². The third-order valence-electron chi connectivity index (χ3n) is 2.11. The Balaban J connectivity index is 2.06. The number of hydrogen-bond donors (Lipinski definition) is 3. The van der Waals surface area contributed by atoms with Gasteiger partial charge in [0.25, 0.3) is 5.91 Å². The maximum absolute atomic E-state index is 11.8. The quantitative estimate of drug-likeness (QED) is 0.684. The zero-order valence-electron chi connectivity index (χ0n) is 9.44. The summed E-state index contributed by atoms with van der Waals surface area (Å²) in [5, 5.41) is 18.8. The monoisotopic (exact) mass is 267 g/mol. The van der Waals surface area contributed by atoms with E-state index in [2.05, 4.69) is 36.2 Å². The molecule has 0 atom stereocenters. The molecule has 2 aromatic heterocycles. The van der Waals surface area contributed by atoms with Crippen molar-refractivity contribution in [3.63, 3.8) is 0 Å². The van der Waals surface area contributed by atoms with Crippen molar-refractivity contribution in [2.75, 3.05) is 12.4 Å². The normalized spacial score (nSPS) is 10.1. The molecule has 0 aliphatic rings. The van der Waals surface area contributed by atoms with Crippen LogP contribution in [-0.2, 0) is 6.54 Å². The van der Waals surface area contributed by atoms with Crippen molar-refractivity contribution in [1.29, 1.82) is 0 Å². The van der Waals surface area contributed by atoms with Crippen LogP contribution < -0.4 is 10.6 Å².